The SMILES string of the molecule is CC(=O)CC[C@H]1CN(c2cc(F)c(N3CCON(C(=O)Nc4cc(C)on4)CC3)c(F)c2)C(=O)O1. The van der Waals surface area contributed by atoms with Crippen LogP contribution in [0, 0.1) is 18.6 Å². The summed E-state index contributed by atoms with van der Waals surface area (Å²) in [5.41, 5.74) is -0.263. The smallest absolute Gasteiger partial charge is 0.414 e. The minimum atomic E-state index is -0.865. The van der Waals surface area contributed by atoms with Gasteiger partial charge in [0.05, 0.1) is 25.4 Å². The standard InChI is InChI=1S/C22H25F2N5O6/c1-13(30)3-4-16-12-28(22(32)34-16)15-10-17(23)20(18(24)11-15)27-5-6-29(33-8-7-27)21(31)25-19-9-14(2)35-26-19/h9-11,16H,3-8,12H2,1-2H3,(H,25,26,31)/t16-/m0/s1. The molecule has 13 heteroatoms. The number of halogens is 2. The second kappa shape index (κ2) is 10.3. The van der Waals surface area contributed by atoms with E-state index >= 15 is 8.78 Å². The van der Waals surface area contributed by atoms with Crippen LogP contribution in [-0.4, -0.2) is 67.0 Å². The summed E-state index contributed by atoms with van der Waals surface area (Å²) in [6.07, 6.45) is -0.664. The van der Waals surface area contributed by atoms with E-state index < -0.39 is 29.9 Å². The van der Waals surface area contributed by atoms with Gasteiger partial charge in [0.15, 0.2) is 17.5 Å². The second-order valence-electron chi connectivity index (χ2n) is 8.29. The third-order valence-corrected chi connectivity index (χ3v) is 5.59. The van der Waals surface area contributed by atoms with Crippen molar-refractivity contribution in [1.29, 1.82) is 0 Å². The number of hydrogen-bond acceptors (Lipinski definition) is 8. The lowest BCUT2D eigenvalue weighted by atomic mass is 10.1. The fourth-order valence-corrected chi connectivity index (χ4v) is 3.89. The summed E-state index contributed by atoms with van der Waals surface area (Å²) < 4.78 is 40.2. The Morgan fingerprint density at radius 2 is 1.91 bits per heavy atom. The number of ether oxygens (including phenoxy) is 1. The Labute approximate surface area is 199 Å². The number of hydrogen-bond donors (Lipinski definition) is 1. The zero-order valence-electron chi connectivity index (χ0n) is 19.3. The molecule has 1 N–H and O–H groups in total. The summed E-state index contributed by atoms with van der Waals surface area (Å²) >= 11 is 0. The number of aryl methyl sites for hydroxylation is 1. The maximum atomic E-state index is 15.0. The number of carbonyl (C=O) groups is 3. The topological polar surface area (TPSA) is 117 Å². The lowest BCUT2D eigenvalue weighted by molar-refractivity contribution is -0.117. The molecule has 35 heavy (non-hydrogen) atoms. The normalized spacial score (nSPS) is 18.5. The number of aromatic nitrogens is 1. The van der Waals surface area contributed by atoms with Crippen LogP contribution in [0.25, 0.3) is 0 Å². The molecule has 188 valence electrons. The van der Waals surface area contributed by atoms with Crippen molar-refractivity contribution in [1.82, 2.24) is 10.2 Å². The Hall–Kier alpha value is -3.74. The number of nitrogens with one attached hydrogen (secondary N) is 1. The van der Waals surface area contributed by atoms with Gasteiger partial charge in [-0.2, -0.15) is 0 Å². The van der Waals surface area contributed by atoms with Crippen molar-refractivity contribution in [2.75, 3.05) is 47.9 Å². The number of Topliss-reactive ketones (excluding diaryl/α,β-unsaturated/α-hetero) is 1. The first-order valence-corrected chi connectivity index (χ1v) is 11.1. The van der Waals surface area contributed by atoms with Crippen molar-refractivity contribution >= 4 is 35.1 Å². The van der Waals surface area contributed by atoms with Crippen LogP contribution in [0.4, 0.5) is 35.6 Å². The zero-order valence-corrected chi connectivity index (χ0v) is 19.3. The molecule has 0 radical (unpaired) electrons. The molecule has 0 saturated carbocycles. The van der Waals surface area contributed by atoms with Gasteiger partial charge in [-0.3, -0.25) is 15.1 Å². The molecule has 1 aromatic carbocycles. The number of hydroxylamine groups is 2. The minimum absolute atomic E-state index is 0.00216. The number of carbonyl (C=O) groups excluding carboxylic acids is 3. The molecule has 0 unspecified atom stereocenters. The van der Waals surface area contributed by atoms with Gasteiger partial charge in [-0.15, -0.1) is 0 Å². The highest BCUT2D eigenvalue weighted by Gasteiger charge is 2.34. The van der Waals surface area contributed by atoms with E-state index in [1.165, 1.54) is 17.9 Å². The first-order chi connectivity index (χ1) is 16.7. The van der Waals surface area contributed by atoms with Crippen molar-refractivity contribution in [2.24, 2.45) is 0 Å². The van der Waals surface area contributed by atoms with Gasteiger partial charge in [-0.1, -0.05) is 5.16 Å². The molecule has 0 bridgehead atoms. The molecule has 0 aliphatic carbocycles. The first kappa shape index (κ1) is 24.4. The van der Waals surface area contributed by atoms with Crippen molar-refractivity contribution in [2.45, 2.75) is 32.8 Å². The van der Waals surface area contributed by atoms with E-state index in [2.05, 4.69) is 10.5 Å². The van der Waals surface area contributed by atoms with Gasteiger partial charge in [-0.05, 0) is 20.3 Å². The summed E-state index contributed by atoms with van der Waals surface area (Å²) in [5.74, 6) is -1.03. The molecule has 2 aliphatic heterocycles. The van der Waals surface area contributed by atoms with E-state index in [4.69, 9.17) is 14.1 Å². The van der Waals surface area contributed by atoms with E-state index in [1.807, 2.05) is 0 Å². The Morgan fingerprint density at radius 3 is 2.57 bits per heavy atom. The van der Waals surface area contributed by atoms with Crippen molar-refractivity contribution in [3.63, 3.8) is 0 Å². The Balaban J connectivity index is 1.41. The molecule has 1 atom stereocenters. The molecule has 2 fully saturated rings. The van der Waals surface area contributed by atoms with Crippen LogP contribution in [0.2, 0.25) is 0 Å². The van der Waals surface area contributed by atoms with Gasteiger partial charge >= 0.3 is 12.1 Å². The number of amides is 3. The summed E-state index contributed by atoms with van der Waals surface area (Å²) in [6.45, 7) is 3.46. The van der Waals surface area contributed by atoms with Gasteiger partial charge in [0.25, 0.3) is 0 Å². The van der Waals surface area contributed by atoms with Crippen molar-refractivity contribution < 1.29 is 37.3 Å². The van der Waals surface area contributed by atoms with Crippen molar-refractivity contribution in [3.8, 4) is 0 Å². The summed E-state index contributed by atoms with van der Waals surface area (Å²) in [4.78, 5) is 43.8. The zero-order chi connectivity index (χ0) is 25.1. The van der Waals surface area contributed by atoms with Gasteiger partial charge in [-0.25, -0.2) is 23.4 Å². The fourth-order valence-electron chi connectivity index (χ4n) is 3.89. The molecule has 3 heterocycles. The summed E-state index contributed by atoms with van der Waals surface area (Å²) in [5, 5.41) is 7.25. The number of cyclic esters (lactones) is 1. The van der Waals surface area contributed by atoms with Crippen LogP contribution in [0.1, 0.15) is 25.5 Å². The second-order valence-corrected chi connectivity index (χ2v) is 8.29. The third kappa shape index (κ3) is 5.67. The number of urea groups is 1. The van der Waals surface area contributed by atoms with Gasteiger partial charge in [0, 0.05) is 37.7 Å². The van der Waals surface area contributed by atoms with E-state index in [-0.39, 0.29) is 62.2 Å². The molecule has 0 spiro atoms. The summed E-state index contributed by atoms with van der Waals surface area (Å²) in [7, 11) is 0. The molecule has 1 aromatic heterocycles. The maximum Gasteiger partial charge on any atom is 0.414 e. The minimum Gasteiger partial charge on any atom is -0.444 e. The number of rotatable bonds is 6. The van der Waals surface area contributed by atoms with Crippen LogP contribution in [0.5, 0.6) is 0 Å². The quantitative estimate of drug-likeness (QED) is 0.652. The highest BCUT2D eigenvalue weighted by atomic mass is 19.1. The van der Waals surface area contributed by atoms with E-state index in [0.29, 0.717) is 12.2 Å². The van der Waals surface area contributed by atoms with E-state index in [9.17, 15) is 14.4 Å². The lowest BCUT2D eigenvalue weighted by Crippen LogP contribution is -2.37. The van der Waals surface area contributed by atoms with Crippen molar-refractivity contribution in [3.05, 3.63) is 35.6 Å². The average molecular weight is 493 g/mol. The predicted octanol–water partition coefficient (Wildman–Crippen LogP) is 3.24. The molecule has 11 nitrogen and oxygen atoms in total. The molecule has 2 saturated heterocycles. The summed E-state index contributed by atoms with van der Waals surface area (Å²) in [6, 6.07) is 3.07. The van der Waals surface area contributed by atoms with E-state index in [0.717, 1.165) is 22.1 Å². The predicted molar refractivity (Wildman–Crippen MR) is 119 cm³/mol. The lowest BCUT2D eigenvalue weighted by Gasteiger charge is -2.24. The third-order valence-electron chi connectivity index (χ3n) is 5.59. The van der Waals surface area contributed by atoms with Crippen LogP contribution in [0.3, 0.4) is 0 Å². The number of anilines is 3. The largest absolute Gasteiger partial charge is 0.444 e. The fraction of sp³-hybridized carbons (Fsp3) is 0.455. The maximum absolute atomic E-state index is 15.0. The van der Waals surface area contributed by atoms with Crippen LogP contribution in [0.15, 0.2) is 22.7 Å². The van der Waals surface area contributed by atoms with Gasteiger partial charge in [0.2, 0.25) is 0 Å². The molecule has 2 aliphatic rings. The Morgan fingerprint density at radius 1 is 1.17 bits per heavy atom. The molecule has 2 aromatic rings. The van der Waals surface area contributed by atoms with Crippen LogP contribution in [-0.2, 0) is 14.4 Å². The monoisotopic (exact) mass is 493 g/mol. The molecule has 3 amide bonds. The van der Waals surface area contributed by atoms with Gasteiger partial charge in [0.1, 0.15) is 23.3 Å². The van der Waals surface area contributed by atoms with E-state index in [1.54, 1.807) is 6.92 Å². The Bertz CT molecular complexity index is 1100. The molecule has 4 rings (SSSR count). The number of ketones is 1. The highest BCUT2D eigenvalue weighted by molar-refractivity contribution is 5.90. The number of nitrogens with zero attached hydrogens (tertiary/aromatic N) is 4. The Kier molecular flexibility index (Phi) is 7.15. The average Bonchev–Trinajstić information content (AvgIpc) is 3.28. The number of benzene rings is 1. The van der Waals surface area contributed by atoms with Gasteiger partial charge < -0.3 is 19.0 Å². The molecular formula is C22H25F2N5O6. The molecular weight excluding hydrogens is 468 g/mol. The van der Waals surface area contributed by atoms with Crippen LogP contribution < -0.4 is 15.1 Å². The first-order valence-electron chi connectivity index (χ1n) is 11.1. The van der Waals surface area contributed by atoms with Crippen LogP contribution >= 0.6 is 0 Å². The highest BCUT2D eigenvalue weighted by Crippen LogP contribution is 2.32.